The van der Waals surface area contributed by atoms with E-state index in [0.29, 0.717) is 11.9 Å². The van der Waals surface area contributed by atoms with E-state index < -0.39 is 0 Å². The highest BCUT2D eigenvalue weighted by atomic mass is 16.5. The second-order valence-corrected chi connectivity index (χ2v) is 5.93. The Hall–Kier alpha value is -0.0151. The zero-order valence-corrected chi connectivity index (χ0v) is 10.6. The first kappa shape index (κ1) is 12.4. The van der Waals surface area contributed by atoms with E-state index in [-0.39, 0.29) is 5.60 Å². The lowest BCUT2D eigenvalue weighted by molar-refractivity contribution is -0.119. The van der Waals surface area contributed by atoms with Gasteiger partial charge in [0.15, 0.2) is 0 Å². The van der Waals surface area contributed by atoms with Gasteiger partial charge in [0, 0.05) is 6.61 Å². The molecule has 0 aromatic carbocycles. The van der Waals surface area contributed by atoms with Crippen LogP contribution in [0.1, 0.15) is 51.9 Å². The molecule has 0 bridgehead atoms. The van der Waals surface area contributed by atoms with E-state index in [2.05, 4.69) is 12.2 Å². The van der Waals surface area contributed by atoms with Crippen LogP contribution in [0.15, 0.2) is 0 Å². The van der Waals surface area contributed by atoms with Crippen molar-refractivity contribution in [3.05, 3.63) is 0 Å². The highest BCUT2D eigenvalue weighted by Crippen LogP contribution is 2.48. The maximum atomic E-state index is 6.08. The third kappa shape index (κ3) is 2.81. The summed E-state index contributed by atoms with van der Waals surface area (Å²) >= 11 is 0. The number of nitrogens with one attached hydrogen (secondary N) is 1. The summed E-state index contributed by atoms with van der Waals surface area (Å²) < 4.78 is 6.08. The van der Waals surface area contributed by atoms with E-state index in [9.17, 15) is 0 Å². The lowest BCUT2D eigenvalue weighted by atomic mass is 9.71. The van der Waals surface area contributed by atoms with E-state index >= 15 is 0 Å². The van der Waals surface area contributed by atoms with Crippen LogP contribution in [-0.4, -0.2) is 33.0 Å². The van der Waals surface area contributed by atoms with Crippen molar-refractivity contribution in [2.75, 3.05) is 19.6 Å². The van der Waals surface area contributed by atoms with Gasteiger partial charge in [-0.3, -0.25) is 0 Å². The molecule has 1 spiro atoms. The summed E-state index contributed by atoms with van der Waals surface area (Å²) in [6, 6.07) is 0. The normalized spacial score (nSPS) is 33.3. The predicted octanol–water partition coefficient (Wildman–Crippen LogP) is 2.22. The van der Waals surface area contributed by atoms with Crippen LogP contribution in [-0.2, 0) is 4.74 Å². The Balaban J connectivity index is 1.89. The minimum atomic E-state index is 0.246. The third-order valence-electron chi connectivity index (χ3n) is 4.43. The molecular formula is C13H24BNO. The van der Waals surface area contributed by atoms with Gasteiger partial charge in [0.2, 0.25) is 0 Å². The fourth-order valence-electron chi connectivity index (χ4n) is 3.48. The lowest BCUT2D eigenvalue weighted by Gasteiger charge is -2.45. The number of rotatable bonds is 4. The molecule has 2 aliphatic rings. The average molecular weight is 221 g/mol. The molecule has 1 saturated heterocycles. The molecule has 16 heavy (non-hydrogen) atoms. The maximum Gasteiger partial charge on any atom is 0.0859 e. The molecule has 0 aromatic heterocycles. The second kappa shape index (κ2) is 5.09. The smallest absolute Gasteiger partial charge is 0.0859 e. The van der Waals surface area contributed by atoms with Gasteiger partial charge in [-0.1, -0.05) is 19.8 Å². The molecule has 90 valence electrons. The minimum Gasteiger partial charge on any atom is -0.375 e. The molecular weight excluding hydrogens is 197 g/mol. The average Bonchev–Trinajstić information content (AvgIpc) is 2.66. The van der Waals surface area contributed by atoms with Crippen LogP contribution in [0.5, 0.6) is 0 Å². The Bertz CT molecular complexity index is 228. The van der Waals surface area contributed by atoms with E-state index in [4.69, 9.17) is 12.6 Å². The lowest BCUT2D eigenvalue weighted by Crippen LogP contribution is -2.43. The van der Waals surface area contributed by atoms with Gasteiger partial charge < -0.3 is 10.1 Å². The van der Waals surface area contributed by atoms with Crippen LogP contribution >= 0.6 is 0 Å². The van der Waals surface area contributed by atoms with Gasteiger partial charge in [-0.2, -0.15) is 0 Å². The van der Waals surface area contributed by atoms with Crippen LogP contribution in [0.2, 0.25) is 0 Å². The zero-order chi connectivity index (χ0) is 11.5. The summed E-state index contributed by atoms with van der Waals surface area (Å²) in [6.45, 7) is 4.43. The van der Waals surface area contributed by atoms with Crippen molar-refractivity contribution in [3.63, 3.8) is 0 Å². The van der Waals surface area contributed by atoms with Gasteiger partial charge in [0.05, 0.1) is 13.4 Å². The van der Waals surface area contributed by atoms with Gasteiger partial charge in [0.25, 0.3) is 0 Å². The molecule has 1 aliphatic carbocycles. The summed E-state index contributed by atoms with van der Waals surface area (Å²) in [5.41, 5.74) is 0.709. The van der Waals surface area contributed by atoms with E-state index in [0.717, 1.165) is 13.2 Å². The van der Waals surface area contributed by atoms with E-state index in [1.807, 2.05) is 0 Å². The summed E-state index contributed by atoms with van der Waals surface area (Å²) in [5, 5.41) is 3.24. The van der Waals surface area contributed by atoms with Gasteiger partial charge in [-0.05, 0) is 50.5 Å². The Morgan fingerprint density at radius 3 is 2.69 bits per heavy atom. The molecule has 1 heterocycles. The SMILES string of the molecule is [B]CNCC[C@]1(C)CCOC2(CCCC2)C1. The molecule has 2 radical (unpaired) electrons. The standard InChI is InChI=1S/C13H24BNO/c1-12(6-8-15-11-14)7-9-16-13(10-12)4-2-3-5-13/h15H,2-11H2,1H3/t12-/m1/s1. The molecule has 1 N–H and O–H groups in total. The highest BCUT2D eigenvalue weighted by molar-refractivity contribution is 6.08. The molecule has 2 fully saturated rings. The summed E-state index contributed by atoms with van der Waals surface area (Å²) in [6.07, 6.45) is 9.58. The van der Waals surface area contributed by atoms with Crippen molar-refractivity contribution in [1.29, 1.82) is 0 Å². The van der Waals surface area contributed by atoms with Gasteiger partial charge in [-0.15, -0.1) is 0 Å². The van der Waals surface area contributed by atoms with Gasteiger partial charge in [-0.25, -0.2) is 0 Å². The molecule has 0 amide bonds. The molecule has 2 nitrogen and oxygen atoms in total. The molecule has 2 rings (SSSR count). The Morgan fingerprint density at radius 1 is 1.25 bits per heavy atom. The molecule has 1 saturated carbocycles. The van der Waals surface area contributed by atoms with E-state index in [1.54, 1.807) is 0 Å². The minimum absolute atomic E-state index is 0.246. The molecule has 1 atom stereocenters. The van der Waals surface area contributed by atoms with Crippen molar-refractivity contribution < 1.29 is 4.74 Å². The van der Waals surface area contributed by atoms with E-state index in [1.165, 1.54) is 44.9 Å². The number of ether oxygens (including phenoxy) is 1. The first-order chi connectivity index (χ1) is 7.68. The first-order valence-electron chi connectivity index (χ1n) is 6.73. The number of hydrogen-bond acceptors (Lipinski definition) is 2. The van der Waals surface area contributed by atoms with Crippen LogP contribution in [0.4, 0.5) is 0 Å². The Labute approximate surface area is 101 Å². The van der Waals surface area contributed by atoms with Crippen LogP contribution in [0, 0.1) is 5.41 Å². The summed E-state index contributed by atoms with van der Waals surface area (Å²) in [4.78, 5) is 0. The summed E-state index contributed by atoms with van der Waals surface area (Å²) in [5.74, 6) is 0. The molecule has 3 heteroatoms. The quantitative estimate of drug-likeness (QED) is 0.580. The van der Waals surface area contributed by atoms with Crippen LogP contribution in [0.25, 0.3) is 0 Å². The molecule has 0 aromatic rings. The first-order valence-corrected chi connectivity index (χ1v) is 6.73. The molecule has 0 unspecified atom stereocenters. The maximum absolute atomic E-state index is 6.08. The monoisotopic (exact) mass is 221 g/mol. The van der Waals surface area contributed by atoms with Crippen molar-refractivity contribution in [2.45, 2.75) is 57.5 Å². The fourth-order valence-corrected chi connectivity index (χ4v) is 3.48. The second-order valence-electron chi connectivity index (χ2n) is 5.93. The van der Waals surface area contributed by atoms with Crippen molar-refractivity contribution >= 4 is 7.85 Å². The zero-order valence-electron chi connectivity index (χ0n) is 10.6. The Morgan fingerprint density at radius 2 is 2.00 bits per heavy atom. The van der Waals surface area contributed by atoms with Crippen molar-refractivity contribution in [3.8, 4) is 0 Å². The largest absolute Gasteiger partial charge is 0.375 e. The van der Waals surface area contributed by atoms with Crippen LogP contribution < -0.4 is 5.32 Å². The predicted molar refractivity (Wildman–Crippen MR) is 67.7 cm³/mol. The number of hydrogen-bond donors (Lipinski definition) is 1. The van der Waals surface area contributed by atoms with Gasteiger partial charge >= 0.3 is 0 Å². The Kier molecular flexibility index (Phi) is 3.96. The third-order valence-corrected chi connectivity index (χ3v) is 4.43. The fraction of sp³-hybridized carbons (Fsp3) is 1.00. The molecule has 1 aliphatic heterocycles. The highest BCUT2D eigenvalue weighted by Gasteiger charge is 2.44. The topological polar surface area (TPSA) is 21.3 Å². The van der Waals surface area contributed by atoms with Crippen molar-refractivity contribution in [2.24, 2.45) is 5.41 Å². The van der Waals surface area contributed by atoms with Crippen molar-refractivity contribution in [1.82, 2.24) is 5.32 Å². The van der Waals surface area contributed by atoms with Crippen LogP contribution in [0.3, 0.4) is 0 Å². The van der Waals surface area contributed by atoms with Gasteiger partial charge in [0.1, 0.15) is 0 Å². The summed E-state index contributed by atoms with van der Waals surface area (Å²) in [7, 11) is 5.47.